The van der Waals surface area contributed by atoms with Crippen molar-refractivity contribution < 1.29 is 0 Å². The number of nitrogens with zero attached hydrogens (tertiary/aromatic N) is 2. The Morgan fingerprint density at radius 1 is 1.54 bits per heavy atom. The van der Waals surface area contributed by atoms with E-state index in [1.165, 1.54) is 5.56 Å². The Labute approximate surface area is 78.8 Å². The second-order valence-electron chi connectivity index (χ2n) is 3.00. The first-order chi connectivity index (χ1) is 6.22. The molecule has 0 amide bonds. The fourth-order valence-electron chi connectivity index (χ4n) is 1.07. The second kappa shape index (κ2) is 4.42. The number of aliphatic imine (C=N–C) groups is 1. The monoisotopic (exact) mass is 172 g/mol. The highest BCUT2D eigenvalue weighted by Crippen LogP contribution is 2.13. The number of hydrogen-bond acceptors (Lipinski definition) is 1. The molecule has 0 spiro atoms. The van der Waals surface area contributed by atoms with Crippen molar-refractivity contribution in [3.63, 3.8) is 0 Å². The number of hydrogen-bond donors (Lipinski definition) is 0. The van der Waals surface area contributed by atoms with E-state index in [2.05, 4.69) is 9.84 Å². The van der Waals surface area contributed by atoms with Crippen molar-refractivity contribution in [3.8, 4) is 0 Å². The first kappa shape index (κ1) is 9.47. The summed E-state index contributed by atoms with van der Waals surface area (Å²) in [5.74, 6) is 0. The van der Waals surface area contributed by atoms with E-state index in [9.17, 15) is 0 Å². The molecule has 1 aromatic carbocycles. The van der Waals surface area contributed by atoms with E-state index in [0.29, 0.717) is 6.54 Å². The summed E-state index contributed by atoms with van der Waals surface area (Å²) in [6.07, 6.45) is 0. The maximum Gasteiger partial charge on any atom is 0.252 e. The van der Waals surface area contributed by atoms with Gasteiger partial charge >= 0.3 is 0 Å². The molecule has 66 valence electrons. The average Bonchev–Trinajstić information content (AvgIpc) is 2.04. The Balaban J connectivity index is 2.86. The van der Waals surface area contributed by atoms with E-state index in [1.54, 1.807) is 0 Å². The Morgan fingerprint density at radius 3 is 2.92 bits per heavy atom. The van der Waals surface area contributed by atoms with Crippen molar-refractivity contribution >= 4 is 11.4 Å². The Morgan fingerprint density at radius 2 is 2.31 bits per heavy atom. The van der Waals surface area contributed by atoms with Crippen molar-refractivity contribution in [2.24, 2.45) is 4.99 Å². The summed E-state index contributed by atoms with van der Waals surface area (Å²) in [6, 6.07) is 7.95. The van der Waals surface area contributed by atoms with Gasteiger partial charge in [-0.1, -0.05) is 12.1 Å². The lowest BCUT2D eigenvalue weighted by Crippen LogP contribution is -1.92. The number of benzene rings is 1. The molecule has 0 aromatic heterocycles. The molecule has 0 aliphatic carbocycles. The maximum atomic E-state index is 6.69. The molecule has 0 aliphatic heterocycles. The molecule has 2 heteroatoms. The van der Waals surface area contributed by atoms with Gasteiger partial charge in [0.05, 0.1) is 11.4 Å². The van der Waals surface area contributed by atoms with E-state index in [0.717, 1.165) is 11.4 Å². The lowest BCUT2D eigenvalue weighted by molar-refractivity contribution is 1.40. The third-order valence-corrected chi connectivity index (χ3v) is 1.63. The molecule has 0 saturated carbocycles. The molecule has 1 rings (SSSR count). The van der Waals surface area contributed by atoms with Crippen LogP contribution in [0.25, 0.3) is 4.85 Å². The topological polar surface area (TPSA) is 16.7 Å². The van der Waals surface area contributed by atoms with E-state index < -0.39 is 0 Å². The molecule has 2 nitrogen and oxygen atoms in total. The smallest absolute Gasteiger partial charge is 0.252 e. The third kappa shape index (κ3) is 3.08. The summed E-state index contributed by atoms with van der Waals surface area (Å²) < 4.78 is 0. The first-order valence-corrected chi connectivity index (χ1v) is 4.16. The normalized spacial score (nSPS) is 11.0. The Bertz CT molecular complexity index is 359. The number of rotatable bonds is 2. The van der Waals surface area contributed by atoms with Crippen LogP contribution >= 0.6 is 0 Å². The van der Waals surface area contributed by atoms with Crippen LogP contribution in [0.15, 0.2) is 29.3 Å². The van der Waals surface area contributed by atoms with Crippen molar-refractivity contribution in [2.45, 2.75) is 13.8 Å². The molecule has 0 fully saturated rings. The fraction of sp³-hybridized carbons (Fsp3) is 0.273. The molecule has 0 aliphatic rings. The highest BCUT2D eigenvalue weighted by molar-refractivity contribution is 5.87. The maximum absolute atomic E-state index is 6.69. The zero-order valence-corrected chi connectivity index (χ0v) is 7.91. The van der Waals surface area contributed by atoms with E-state index in [-0.39, 0.29) is 0 Å². The molecule has 0 heterocycles. The van der Waals surface area contributed by atoms with Crippen LogP contribution in [0.5, 0.6) is 0 Å². The van der Waals surface area contributed by atoms with Crippen LogP contribution in [-0.2, 0) is 0 Å². The van der Waals surface area contributed by atoms with Gasteiger partial charge in [0.15, 0.2) is 0 Å². The molecule has 0 N–H and O–H groups in total. The second-order valence-corrected chi connectivity index (χ2v) is 3.00. The summed E-state index contributed by atoms with van der Waals surface area (Å²) in [4.78, 5) is 7.59. The van der Waals surface area contributed by atoms with E-state index in [4.69, 9.17) is 6.57 Å². The minimum absolute atomic E-state index is 0.383. The predicted molar refractivity (Wildman–Crippen MR) is 55.4 cm³/mol. The molecule has 1 aromatic rings. The van der Waals surface area contributed by atoms with Gasteiger partial charge in [-0.05, 0) is 31.5 Å². The fourth-order valence-corrected chi connectivity index (χ4v) is 1.07. The van der Waals surface area contributed by atoms with Gasteiger partial charge in [-0.15, -0.1) is 0 Å². The van der Waals surface area contributed by atoms with Crippen molar-refractivity contribution in [1.82, 2.24) is 0 Å². The lowest BCUT2D eigenvalue weighted by Gasteiger charge is -1.95. The SMILES string of the molecule is [C-]#[N+]CC(C)=Nc1cccc(C)c1. The van der Waals surface area contributed by atoms with Gasteiger partial charge in [0.1, 0.15) is 0 Å². The van der Waals surface area contributed by atoms with Gasteiger partial charge in [0, 0.05) is 0 Å². The lowest BCUT2D eigenvalue weighted by atomic mass is 10.2. The molecular weight excluding hydrogens is 160 g/mol. The molecule has 0 saturated heterocycles. The average molecular weight is 172 g/mol. The van der Waals surface area contributed by atoms with Crippen LogP contribution in [0, 0.1) is 13.5 Å². The van der Waals surface area contributed by atoms with Gasteiger partial charge in [0.2, 0.25) is 0 Å². The largest absolute Gasteiger partial charge is 0.310 e. The van der Waals surface area contributed by atoms with Crippen LogP contribution in [0.4, 0.5) is 5.69 Å². The first-order valence-electron chi connectivity index (χ1n) is 4.16. The quantitative estimate of drug-likeness (QED) is 0.482. The summed E-state index contributed by atoms with van der Waals surface area (Å²) >= 11 is 0. The van der Waals surface area contributed by atoms with Crippen LogP contribution in [0.3, 0.4) is 0 Å². The van der Waals surface area contributed by atoms with Gasteiger partial charge in [-0.25, -0.2) is 6.57 Å². The molecule has 13 heavy (non-hydrogen) atoms. The summed E-state index contributed by atoms with van der Waals surface area (Å²) in [6.45, 7) is 11.0. The van der Waals surface area contributed by atoms with E-state index >= 15 is 0 Å². The molecule has 0 atom stereocenters. The van der Waals surface area contributed by atoms with Crippen molar-refractivity contribution in [1.29, 1.82) is 0 Å². The van der Waals surface area contributed by atoms with Crippen molar-refractivity contribution in [2.75, 3.05) is 6.54 Å². The highest BCUT2D eigenvalue weighted by atomic mass is 14.8. The van der Waals surface area contributed by atoms with Gasteiger partial charge in [-0.2, -0.15) is 0 Å². The molecule has 0 bridgehead atoms. The molecule has 0 unspecified atom stereocenters. The van der Waals surface area contributed by atoms with Crippen LogP contribution < -0.4 is 0 Å². The molecule has 0 radical (unpaired) electrons. The Hall–Kier alpha value is -1.62. The number of aryl methyl sites for hydroxylation is 1. The summed E-state index contributed by atoms with van der Waals surface area (Å²) in [5, 5.41) is 0. The summed E-state index contributed by atoms with van der Waals surface area (Å²) in [7, 11) is 0. The van der Waals surface area contributed by atoms with Gasteiger partial charge in [-0.3, -0.25) is 4.99 Å². The van der Waals surface area contributed by atoms with Gasteiger partial charge < -0.3 is 4.85 Å². The standard InChI is InChI=1S/C11H12N2/c1-9-5-4-6-11(7-9)13-10(2)8-12-3/h4-7H,8H2,1-2H3. The van der Waals surface area contributed by atoms with Crippen LogP contribution in [-0.4, -0.2) is 12.3 Å². The van der Waals surface area contributed by atoms with Crippen molar-refractivity contribution in [3.05, 3.63) is 41.2 Å². The molecular formula is C11H12N2. The minimum atomic E-state index is 0.383. The third-order valence-electron chi connectivity index (χ3n) is 1.63. The van der Waals surface area contributed by atoms with Gasteiger partial charge in [0.25, 0.3) is 6.54 Å². The highest BCUT2D eigenvalue weighted by Gasteiger charge is 1.94. The van der Waals surface area contributed by atoms with Crippen LogP contribution in [0.1, 0.15) is 12.5 Å². The van der Waals surface area contributed by atoms with E-state index in [1.807, 2.05) is 38.1 Å². The van der Waals surface area contributed by atoms with Crippen LogP contribution in [0.2, 0.25) is 0 Å². The minimum Gasteiger partial charge on any atom is -0.310 e. The predicted octanol–water partition coefficient (Wildman–Crippen LogP) is 3.01. The Kier molecular flexibility index (Phi) is 3.22. The zero-order chi connectivity index (χ0) is 9.68. The summed E-state index contributed by atoms with van der Waals surface area (Å²) in [5.41, 5.74) is 2.98. The zero-order valence-electron chi connectivity index (χ0n) is 7.91.